The van der Waals surface area contributed by atoms with Gasteiger partial charge in [0.05, 0.1) is 11.6 Å². The number of benzene rings is 1. The summed E-state index contributed by atoms with van der Waals surface area (Å²) in [6.07, 6.45) is 9.44. The first-order chi connectivity index (χ1) is 19.2. The Bertz CT molecular complexity index is 1530. The summed E-state index contributed by atoms with van der Waals surface area (Å²) in [7, 11) is 0.732. The minimum atomic E-state index is -1.26. The van der Waals surface area contributed by atoms with Crippen LogP contribution >= 0.6 is 11.6 Å². The highest BCUT2D eigenvalue weighted by Crippen LogP contribution is 2.40. The number of hydrogen-bond donors (Lipinski definition) is 1. The standard InChI is InChI=1S/C30H40ClN5O3Si/c1-34-19-32-33-29(34)27(21-9-6-5-7-10-21)22-11-8-12-23(15-22)35-17-26(31)25-16-24(18-37)36(28(25)30(35)38)20-39-13-14-40(2,3)4/h8,11-12,15-17,19,21,27,37H,5-7,9-10,13-14,18,20H2,1-4H3/t27-/m1/s1. The number of ether oxygens (including phenoxy) is 1. The normalized spacial score (nSPS) is 15.7. The van der Waals surface area contributed by atoms with Crippen LogP contribution in [0.4, 0.5) is 0 Å². The Hall–Kier alpha value is -2.72. The number of aromatic nitrogens is 5. The van der Waals surface area contributed by atoms with Crippen molar-refractivity contribution in [3.63, 3.8) is 0 Å². The lowest BCUT2D eigenvalue weighted by atomic mass is 9.76. The average Bonchev–Trinajstić information content (AvgIpc) is 3.53. The number of aliphatic hydroxyl groups excluding tert-OH is 1. The number of fused-ring (bicyclic) bond motifs is 1. The molecule has 214 valence electrons. The van der Waals surface area contributed by atoms with Gasteiger partial charge in [-0.2, -0.15) is 0 Å². The molecule has 1 aromatic carbocycles. The summed E-state index contributed by atoms with van der Waals surface area (Å²) >= 11 is 6.76. The summed E-state index contributed by atoms with van der Waals surface area (Å²) in [5.74, 6) is 1.50. The van der Waals surface area contributed by atoms with Crippen LogP contribution in [0.5, 0.6) is 0 Å². The predicted molar refractivity (Wildman–Crippen MR) is 162 cm³/mol. The van der Waals surface area contributed by atoms with Gasteiger partial charge in [-0.05, 0) is 48.6 Å². The topological polar surface area (TPSA) is 87.1 Å². The van der Waals surface area contributed by atoms with Gasteiger partial charge in [-0.3, -0.25) is 9.36 Å². The minimum absolute atomic E-state index is 0.0901. The van der Waals surface area contributed by atoms with Crippen LogP contribution in [0.25, 0.3) is 16.6 Å². The largest absolute Gasteiger partial charge is 0.390 e. The lowest BCUT2D eigenvalue weighted by molar-refractivity contribution is 0.0852. The van der Waals surface area contributed by atoms with Crippen molar-refractivity contribution in [1.82, 2.24) is 23.9 Å². The molecule has 5 rings (SSSR count). The molecule has 0 unspecified atom stereocenters. The monoisotopic (exact) mass is 581 g/mol. The van der Waals surface area contributed by atoms with E-state index in [0.717, 1.165) is 36.0 Å². The molecule has 1 aliphatic carbocycles. The van der Waals surface area contributed by atoms with Gasteiger partial charge < -0.3 is 19.0 Å². The van der Waals surface area contributed by atoms with Crippen LogP contribution < -0.4 is 5.56 Å². The molecule has 1 N–H and O–H groups in total. The molecule has 0 bridgehead atoms. The summed E-state index contributed by atoms with van der Waals surface area (Å²) in [6, 6.07) is 11.0. The fourth-order valence-corrected chi connectivity index (χ4v) is 6.91. The van der Waals surface area contributed by atoms with Gasteiger partial charge in [-0.15, -0.1) is 10.2 Å². The smallest absolute Gasteiger partial charge is 0.279 e. The molecule has 3 heterocycles. The molecule has 0 aliphatic heterocycles. The van der Waals surface area contributed by atoms with Crippen molar-refractivity contribution < 1.29 is 9.84 Å². The van der Waals surface area contributed by atoms with E-state index in [0.29, 0.717) is 34.1 Å². The predicted octanol–water partition coefficient (Wildman–Crippen LogP) is 6.09. The number of hydrogen-bond acceptors (Lipinski definition) is 5. The van der Waals surface area contributed by atoms with Gasteiger partial charge in [0.2, 0.25) is 0 Å². The van der Waals surface area contributed by atoms with Crippen LogP contribution in [0.1, 0.15) is 55.1 Å². The molecule has 8 nitrogen and oxygen atoms in total. The van der Waals surface area contributed by atoms with Crippen LogP contribution in [-0.2, 0) is 25.1 Å². The Morgan fingerprint density at radius 1 is 1.18 bits per heavy atom. The molecule has 0 radical (unpaired) electrons. The summed E-state index contributed by atoms with van der Waals surface area (Å²) in [5.41, 5.74) is 2.70. The quantitative estimate of drug-likeness (QED) is 0.181. The number of halogens is 1. The second-order valence-corrected chi connectivity index (χ2v) is 18.3. The Morgan fingerprint density at radius 3 is 2.62 bits per heavy atom. The lowest BCUT2D eigenvalue weighted by Crippen LogP contribution is -2.24. The van der Waals surface area contributed by atoms with E-state index in [9.17, 15) is 9.90 Å². The molecule has 0 saturated heterocycles. The Morgan fingerprint density at radius 2 is 1.95 bits per heavy atom. The molecule has 1 fully saturated rings. The van der Waals surface area contributed by atoms with E-state index in [1.54, 1.807) is 27.7 Å². The third-order valence-electron chi connectivity index (χ3n) is 8.14. The number of nitrogens with zero attached hydrogens (tertiary/aromatic N) is 5. The molecule has 1 aliphatic rings. The van der Waals surface area contributed by atoms with Gasteiger partial charge in [0.15, 0.2) is 0 Å². The van der Waals surface area contributed by atoms with Crippen molar-refractivity contribution in [2.24, 2.45) is 13.0 Å². The Balaban J connectivity index is 1.56. The van der Waals surface area contributed by atoms with Crippen LogP contribution in [0, 0.1) is 5.92 Å². The van der Waals surface area contributed by atoms with E-state index < -0.39 is 8.07 Å². The Labute approximate surface area is 241 Å². The van der Waals surface area contributed by atoms with E-state index in [4.69, 9.17) is 16.3 Å². The second-order valence-electron chi connectivity index (χ2n) is 12.3. The first-order valence-electron chi connectivity index (χ1n) is 14.2. The summed E-state index contributed by atoms with van der Waals surface area (Å²) in [4.78, 5) is 14.0. The molecule has 0 amide bonds. The Kier molecular flexibility index (Phi) is 8.65. The molecular weight excluding hydrogens is 542 g/mol. The summed E-state index contributed by atoms with van der Waals surface area (Å²) in [5, 5.41) is 19.8. The van der Waals surface area contributed by atoms with Crippen molar-refractivity contribution in [1.29, 1.82) is 0 Å². The van der Waals surface area contributed by atoms with Crippen LogP contribution in [0.2, 0.25) is 30.7 Å². The maximum absolute atomic E-state index is 14.0. The number of pyridine rings is 1. The van der Waals surface area contributed by atoms with Crippen molar-refractivity contribution in [3.05, 3.63) is 75.3 Å². The molecule has 0 spiro atoms. The van der Waals surface area contributed by atoms with Gasteiger partial charge in [0, 0.05) is 50.6 Å². The van der Waals surface area contributed by atoms with Crippen LogP contribution in [-0.4, -0.2) is 43.7 Å². The third kappa shape index (κ3) is 5.98. The number of rotatable bonds is 10. The van der Waals surface area contributed by atoms with Gasteiger partial charge in [0.25, 0.3) is 5.56 Å². The highest BCUT2D eigenvalue weighted by molar-refractivity contribution is 6.76. The lowest BCUT2D eigenvalue weighted by Gasteiger charge is -2.30. The van der Waals surface area contributed by atoms with E-state index in [1.165, 1.54) is 19.3 Å². The molecule has 4 aromatic rings. The molecular formula is C30H40ClN5O3Si. The second kappa shape index (κ2) is 12.0. The maximum atomic E-state index is 14.0. The minimum Gasteiger partial charge on any atom is -0.390 e. The number of aryl methyl sites for hydroxylation is 1. The molecule has 1 atom stereocenters. The molecule has 40 heavy (non-hydrogen) atoms. The van der Waals surface area contributed by atoms with E-state index in [2.05, 4.69) is 42.0 Å². The fourth-order valence-electron chi connectivity index (χ4n) is 5.92. The SMILES string of the molecule is Cn1cnnc1[C@@H](c1cccc(-n2cc(Cl)c3cc(CO)n(COCC[Si](C)(C)C)c3c2=O)c1)C1CCCCC1. The highest BCUT2D eigenvalue weighted by atomic mass is 35.5. The van der Waals surface area contributed by atoms with E-state index >= 15 is 0 Å². The molecule has 3 aromatic heterocycles. The first-order valence-corrected chi connectivity index (χ1v) is 18.3. The van der Waals surface area contributed by atoms with Gasteiger partial charge in [0.1, 0.15) is 24.4 Å². The van der Waals surface area contributed by atoms with Gasteiger partial charge in [-0.25, -0.2) is 0 Å². The fraction of sp³-hybridized carbons (Fsp3) is 0.500. The van der Waals surface area contributed by atoms with Crippen molar-refractivity contribution in [3.8, 4) is 5.69 Å². The van der Waals surface area contributed by atoms with Crippen LogP contribution in [0.3, 0.4) is 0 Å². The third-order valence-corrected chi connectivity index (χ3v) is 10.1. The highest BCUT2D eigenvalue weighted by Gasteiger charge is 2.30. The van der Waals surface area contributed by atoms with E-state index in [1.807, 2.05) is 23.7 Å². The average molecular weight is 582 g/mol. The zero-order valence-corrected chi connectivity index (χ0v) is 25.7. The maximum Gasteiger partial charge on any atom is 0.279 e. The molecule has 1 saturated carbocycles. The first kappa shape index (κ1) is 28.8. The van der Waals surface area contributed by atoms with Crippen molar-refractivity contribution in [2.45, 2.75) is 77.0 Å². The molecule has 10 heteroatoms. The van der Waals surface area contributed by atoms with E-state index in [-0.39, 0.29) is 24.8 Å². The van der Waals surface area contributed by atoms with Crippen LogP contribution in [0.15, 0.2) is 47.7 Å². The zero-order chi connectivity index (χ0) is 28.4. The summed E-state index contributed by atoms with van der Waals surface area (Å²) in [6.45, 7) is 7.50. The summed E-state index contributed by atoms with van der Waals surface area (Å²) < 4.78 is 11.4. The van der Waals surface area contributed by atoms with Crippen molar-refractivity contribution >= 4 is 30.6 Å². The van der Waals surface area contributed by atoms with Gasteiger partial charge in [-0.1, -0.05) is 62.6 Å². The van der Waals surface area contributed by atoms with Crippen molar-refractivity contribution in [2.75, 3.05) is 6.61 Å². The zero-order valence-electron chi connectivity index (χ0n) is 23.9. The van der Waals surface area contributed by atoms with Gasteiger partial charge >= 0.3 is 0 Å². The number of aliphatic hydroxyl groups is 1.